The number of rotatable bonds is 8. The Hall–Kier alpha value is -1.66. The summed E-state index contributed by atoms with van der Waals surface area (Å²) >= 11 is 6.12. The van der Waals surface area contributed by atoms with Crippen molar-refractivity contribution in [1.29, 1.82) is 0 Å². The number of allylic oxidation sites excluding steroid dienone is 3. The van der Waals surface area contributed by atoms with Crippen LogP contribution in [0, 0.1) is 5.92 Å². The molecule has 0 radical (unpaired) electrons. The molecule has 1 heterocycles. The van der Waals surface area contributed by atoms with Gasteiger partial charge in [0.2, 0.25) is 0 Å². The highest BCUT2D eigenvalue weighted by molar-refractivity contribution is 6.31. The standard InChI is InChI=1S/C21H27ClN2O3/c22-19-8-6-18(7-9-19)21(17-4-2-1-3-5-17)24-12-10-23(11-13-24)14-15-27-16-20(25)26/h1-6,8-9,18,21H,7,10-16H2,(H,25,26). The van der Waals surface area contributed by atoms with Gasteiger partial charge in [0, 0.05) is 49.7 Å². The molecule has 2 aliphatic rings. The van der Waals surface area contributed by atoms with Crippen molar-refractivity contribution in [2.24, 2.45) is 5.92 Å². The molecule has 1 aromatic carbocycles. The fourth-order valence-electron chi connectivity index (χ4n) is 3.84. The fourth-order valence-corrected chi connectivity index (χ4v) is 4.00. The van der Waals surface area contributed by atoms with Gasteiger partial charge >= 0.3 is 5.97 Å². The first-order valence-electron chi connectivity index (χ1n) is 9.48. The third-order valence-corrected chi connectivity index (χ3v) is 5.49. The summed E-state index contributed by atoms with van der Waals surface area (Å²) in [6.07, 6.45) is 7.32. The molecule has 0 amide bonds. The van der Waals surface area contributed by atoms with Crippen LogP contribution in [0.4, 0.5) is 0 Å². The van der Waals surface area contributed by atoms with Crippen molar-refractivity contribution in [2.45, 2.75) is 12.5 Å². The second kappa shape index (κ2) is 10.0. The quantitative estimate of drug-likeness (QED) is 0.691. The van der Waals surface area contributed by atoms with Gasteiger partial charge in [-0.25, -0.2) is 4.79 Å². The van der Waals surface area contributed by atoms with E-state index in [-0.39, 0.29) is 6.61 Å². The van der Waals surface area contributed by atoms with Gasteiger partial charge < -0.3 is 9.84 Å². The third kappa shape index (κ3) is 5.91. The Morgan fingerprint density at radius 2 is 1.96 bits per heavy atom. The van der Waals surface area contributed by atoms with Crippen LogP contribution in [-0.2, 0) is 9.53 Å². The van der Waals surface area contributed by atoms with Crippen molar-refractivity contribution in [3.8, 4) is 0 Å². The molecule has 1 aromatic rings. The van der Waals surface area contributed by atoms with Gasteiger partial charge in [-0.2, -0.15) is 0 Å². The maximum atomic E-state index is 10.5. The van der Waals surface area contributed by atoms with Crippen LogP contribution in [0.5, 0.6) is 0 Å². The predicted molar refractivity (Wildman–Crippen MR) is 107 cm³/mol. The van der Waals surface area contributed by atoms with Crippen LogP contribution in [0.2, 0.25) is 0 Å². The molecule has 0 aromatic heterocycles. The summed E-state index contributed by atoms with van der Waals surface area (Å²) in [6.45, 7) is 4.92. The lowest BCUT2D eigenvalue weighted by Gasteiger charge is -2.42. The topological polar surface area (TPSA) is 53.0 Å². The minimum atomic E-state index is -0.916. The molecule has 146 valence electrons. The second-order valence-electron chi connectivity index (χ2n) is 7.03. The molecule has 1 aliphatic carbocycles. The zero-order valence-corrected chi connectivity index (χ0v) is 16.2. The Morgan fingerprint density at radius 1 is 1.22 bits per heavy atom. The van der Waals surface area contributed by atoms with E-state index in [0.29, 0.717) is 18.6 Å². The maximum absolute atomic E-state index is 10.5. The van der Waals surface area contributed by atoms with E-state index in [2.05, 4.69) is 52.3 Å². The van der Waals surface area contributed by atoms with E-state index in [1.54, 1.807) is 0 Å². The molecule has 1 aliphatic heterocycles. The van der Waals surface area contributed by atoms with Gasteiger partial charge in [-0.3, -0.25) is 9.80 Å². The smallest absolute Gasteiger partial charge is 0.329 e. The first-order chi connectivity index (χ1) is 13.1. The maximum Gasteiger partial charge on any atom is 0.329 e. The summed E-state index contributed by atoms with van der Waals surface area (Å²) in [5.74, 6) is -0.499. The Kier molecular flexibility index (Phi) is 7.47. The lowest BCUT2D eigenvalue weighted by molar-refractivity contribution is -0.142. The Bertz CT molecular complexity index is 669. The van der Waals surface area contributed by atoms with Gasteiger partial charge in [-0.05, 0) is 18.1 Å². The Morgan fingerprint density at radius 3 is 2.59 bits per heavy atom. The highest BCUT2D eigenvalue weighted by Gasteiger charge is 2.30. The van der Waals surface area contributed by atoms with Crippen molar-refractivity contribution in [2.75, 3.05) is 45.9 Å². The number of aliphatic carboxylic acids is 1. The molecule has 27 heavy (non-hydrogen) atoms. The number of ether oxygens (including phenoxy) is 1. The van der Waals surface area contributed by atoms with Crippen molar-refractivity contribution in [3.05, 3.63) is 59.2 Å². The van der Waals surface area contributed by atoms with E-state index in [1.165, 1.54) is 5.56 Å². The van der Waals surface area contributed by atoms with Gasteiger partial charge in [0.15, 0.2) is 0 Å². The minimum Gasteiger partial charge on any atom is -0.480 e. The van der Waals surface area contributed by atoms with Gasteiger partial charge in [0.05, 0.1) is 6.61 Å². The Balaban J connectivity index is 1.58. The molecule has 1 fully saturated rings. The first-order valence-corrected chi connectivity index (χ1v) is 9.86. The Labute approximate surface area is 165 Å². The van der Waals surface area contributed by atoms with Crippen LogP contribution in [-0.4, -0.2) is 66.8 Å². The van der Waals surface area contributed by atoms with Crippen LogP contribution < -0.4 is 0 Å². The summed E-state index contributed by atoms with van der Waals surface area (Å²) in [5, 5.41) is 9.45. The largest absolute Gasteiger partial charge is 0.480 e. The molecule has 3 rings (SSSR count). The lowest BCUT2D eigenvalue weighted by Crippen LogP contribution is -2.49. The van der Waals surface area contributed by atoms with Gasteiger partial charge in [0.25, 0.3) is 0 Å². The summed E-state index contributed by atoms with van der Waals surface area (Å²) in [7, 11) is 0. The second-order valence-corrected chi connectivity index (χ2v) is 7.46. The SMILES string of the molecule is O=C(O)COCCN1CCN(C(c2ccccc2)C2C=CC(Cl)=CC2)CC1. The molecule has 0 bridgehead atoms. The minimum absolute atomic E-state index is 0.222. The van der Waals surface area contributed by atoms with Gasteiger partial charge in [-0.15, -0.1) is 0 Å². The van der Waals surface area contributed by atoms with Crippen molar-refractivity contribution in [3.63, 3.8) is 0 Å². The molecule has 2 unspecified atom stereocenters. The number of piperazine rings is 1. The molecule has 0 saturated carbocycles. The first kappa shape index (κ1) is 20.1. The van der Waals surface area contributed by atoms with E-state index in [9.17, 15) is 4.79 Å². The normalized spacial score (nSPS) is 22.4. The summed E-state index contributed by atoms with van der Waals surface area (Å²) in [4.78, 5) is 15.4. The highest BCUT2D eigenvalue weighted by atomic mass is 35.5. The van der Waals surface area contributed by atoms with Crippen LogP contribution in [0.1, 0.15) is 18.0 Å². The molecular formula is C21H27ClN2O3. The molecular weight excluding hydrogens is 364 g/mol. The zero-order chi connectivity index (χ0) is 19.1. The van der Waals surface area contributed by atoms with Crippen LogP contribution >= 0.6 is 11.6 Å². The molecule has 5 nitrogen and oxygen atoms in total. The highest BCUT2D eigenvalue weighted by Crippen LogP contribution is 2.35. The predicted octanol–water partition coefficient (Wildman–Crippen LogP) is 3.15. The number of hydrogen-bond acceptors (Lipinski definition) is 4. The molecule has 6 heteroatoms. The molecule has 2 atom stereocenters. The third-order valence-electron chi connectivity index (χ3n) is 5.21. The number of carboxylic acid groups (broad SMARTS) is 1. The van der Waals surface area contributed by atoms with E-state index >= 15 is 0 Å². The molecule has 1 saturated heterocycles. The van der Waals surface area contributed by atoms with E-state index in [1.807, 2.05) is 6.08 Å². The fraction of sp³-hybridized carbons (Fsp3) is 0.476. The lowest BCUT2D eigenvalue weighted by atomic mass is 9.86. The molecule has 1 N–H and O–H groups in total. The van der Waals surface area contributed by atoms with Gasteiger partial charge in [0.1, 0.15) is 6.61 Å². The van der Waals surface area contributed by atoms with Crippen molar-refractivity contribution in [1.82, 2.24) is 9.80 Å². The number of carbonyl (C=O) groups is 1. The van der Waals surface area contributed by atoms with Gasteiger partial charge in [-0.1, -0.05) is 54.1 Å². The van der Waals surface area contributed by atoms with Crippen molar-refractivity contribution >= 4 is 17.6 Å². The number of benzene rings is 1. The average molecular weight is 391 g/mol. The van der Waals surface area contributed by atoms with Crippen LogP contribution in [0.3, 0.4) is 0 Å². The number of halogens is 1. The monoisotopic (exact) mass is 390 g/mol. The zero-order valence-electron chi connectivity index (χ0n) is 15.5. The number of nitrogens with zero attached hydrogens (tertiary/aromatic N) is 2. The van der Waals surface area contributed by atoms with Crippen LogP contribution in [0.15, 0.2) is 53.6 Å². The summed E-state index contributed by atoms with van der Waals surface area (Å²) < 4.78 is 5.16. The van der Waals surface area contributed by atoms with E-state index < -0.39 is 5.97 Å². The van der Waals surface area contributed by atoms with E-state index in [4.69, 9.17) is 21.4 Å². The van der Waals surface area contributed by atoms with Crippen LogP contribution in [0.25, 0.3) is 0 Å². The summed E-state index contributed by atoms with van der Waals surface area (Å²) in [6, 6.07) is 11.0. The number of carboxylic acids is 1. The average Bonchev–Trinajstić information content (AvgIpc) is 2.69. The number of hydrogen-bond donors (Lipinski definition) is 1. The molecule has 0 spiro atoms. The van der Waals surface area contributed by atoms with E-state index in [0.717, 1.165) is 44.2 Å². The summed E-state index contributed by atoms with van der Waals surface area (Å²) in [5.41, 5.74) is 1.34. The van der Waals surface area contributed by atoms with Crippen molar-refractivity contribution < 1.29 is 14.6 Å².